The van der Waals surface area contributed by atoms with E-state index in [0.29, 0.717) is 17.5 Å². The SMILES string of the molecule is Cc1ncc(OC(=O)C2(C3CCCCC3)CCCCC2)cn1.Cl. The molecule has 128 valence electrons. The number of aromatic nitrogens is 2. The number of carbonyl (C=O) groups is 1. The van der Waals surface area contributed by atoms with Crippen LogP contribution in [-0.2, 0) is 4.79 Å². The summed E-state index contributed by atoms with van der Waals surface area (Å²) in [4.78, 5) is 21.2. The van der Waals surface area contributed by atoms with Crippen molar-refractivity contribution in [3.8, 4) is 5.75 Å². The van der Waals surface area contributed by atoms with E-state index in [1.54, 1.807) is 12.4 Å². The van der Waals surface area contributed by atoms with E-state index in [9.17, 15) is 4.79 Å². The Hall–Kier alpha value is -1.16. The summed E-state index contributed by atoms with van der Waals surface area (Å²) in [5, 5.41) is 0. The van der Waals surface area contributed by atoms with Crippen LogP contribution in [0.2, 0.25) is 0 Å². The summed E-state index contributed by atoms with van der Waals surface area (Å²) >= 11 is 0. The van der Waals surface area contributed by atoms with Crippen LogP contribution >= 0.6 is 12.4 Å². The van der Waals surface area contributed by atoms with Gasteiger partial charge in [0, 0.05) is 0 Å². The zero-order valence-electron chi connectivity index (χ0n) is 13.9. The van der Waals surface area contributed by atoms with Crippen molar-refractivity contribution in [1.29, 1.82) is 0 Å². The highest BCUT2D eigenvalue weighted by molar-refractivity contribution is 5.85. The summed E-state index contributed by atoms with van der Waals surface area (Å²) in [6.45, 7) is 1.83. The Morgan fingerprint density at radius 2 is 1.61 bits per heavy atom. The molecule has 2 aliphatic carbocycles. The number of carbonyl (C=O) groups excluding carboxylic acids is 1. The predicted octanol–water partition coefficient (Wildman–Crippen LogP) is 4.64. The number of esters is 1. The topological polar surface area (TPSA) is 52.1 Å². The number of halogens is 1. The third kappa shape index (κ3) is 4.03. The summed E-state index contributed by atoms with van der Waals surface area (Å²) in [5.74, 6) is 1.64. The molecule has 0 bridgehead atoms. The number of hydrogen-bond acceptors (Lipinski definition) is 4. The van der Waals surface area contributed by atoms with Crippen molar-refractivity contribution < 1.29 is 9.53 Å². The molecule has 0 aliphatic heterocycles. The van der Waals surface area contributed by atoms with Gasteiger partial charge in [-0.3, -0.25) is 4.79 Å². The lowest BCUT2D eigenvalue weighted by Gasteiger charge is -2.43. The molecular weight excluding hydrogens is 312 g/mol. The van der Waals surface area contributed by atoms with Gasteiger partial charge in [-0.1, -0.05) is 38.5 Å². The van der Waals surface area contributed by atoms with E-state index in [1.165, 1.54) is 38.5 Å². The second-order valence-corrected chi connectivity index (χ2v) is 6.91. The summed E-state index contributed by atoms with van der Waals surface area (Å²) in [6, 6.07) is 0. The molecule has 4 nitrogen and oxygen atoms in total. The van der Waals surface area contributed by atoms with Crippen LogP contribution in [0.15, 0.2) is 12.4 Å². The van der Waals surface area contributed by atoms with Gasteiger partial charge in [0.25, 0.3) is 0 Å². The van der Waals surface area contributed by atoms with Gasteiger partial charge in [-0.25, -0.2) is 9.97 Å². The van der Waals surface area contributed by atoms with Crippen LogP contribution in [0.1, 0.15) is 70.0 Å². The Morgan fingerprint density at radius 1 is 1.04 bits per heavy atom. The van der Waals surface area contributed by atoms with Gasteiger partial charge in [-0.2, -0.15) is 0 Å². The Kier molecular flexibility index (Phi) is 6.40. The maximum atomic E-state index is 13.0. The van der Waals surface area contributed by atoms with Crippen LogP contribution in [-0.4, -0.2) is 15.9 Å². The van der Waals surface area contributed by atoms with Crippen molar-refractivity contribution in [1.82, 2.24) is 9.97 Å². The summed E-state index contributed by atoms with van der Waals surface area (Å²) in [6.07, 6.45) is 14.9. The minimum Gasteiger partial charge on any atom is -0.423 e. The second kappa shape index (κ2) is 8.09. The number of ether oxygens (including phenoxy) is 1. The molecule has 0 amide bonds. The molecule has 0 N–H and O–H groups in total. The third-order valence-corrected chi connectivity index (χ3v) is 5.51. The van der Waals surface area contributed by atoms with Crippen molar-refractivity contribution in [2.24, 2.45) is 11.3 Å². The van der Waals surface area contributed by atoms with Gasteiger partial charge in [-0.15, -0.1) is 12.4 Å². The summed E-state index contributed by atoms with van der Waals surface area (Å²) in [7, 11) is 0. The number of aryl methyl sites for hydroxylation is 1. The normalized spacial score (nSPS) is 21.3. The molecule has 3 rings (SSSR count). The quantitative estimate of drug-likeness (QED) is 0.753. The van der Waals surface area contributed by atoms with E-state index in [1.807, 2.05) is 6.92 Å². The van der Waals surface area contributed by atoms with Crippen LogP contribution in [0.3, 0.4) is 0 Å². The fourth-order valence-electron chi connectivity index (χ4n) is 4.26. The Bertz CT molecular complexity index is 506. The molecule has 0 spiro atoms. The number of rotatable bonds is 3. The maximum Gasteiger partial charge on any atom is 0.317 e. The highest BCUT2D eigenvalue weighted by Gasteiger charge is 2.47. The molecule has 23 heavy (non-hydrogen) atoms. The van der Waals surface area contributed by atoms with Crippen molar-refractivity contribution in [3.63, 3.8) is 0 Å². The van der Waals surface area contributed by atoms with E-state index in [4.69, 9.17) is 4.74 Å². The van der Waals surface area contributed by atoms with E-state index in [0.717, 1.165) is 25.7 Å². The maximum absolute atomic E-state index is 13.0. The largest absolute Gasteiger partial charge is 0.423 e. The Morgan fingerprint density at radius 3 is 2.22 bits per heavy atom. The first kappa shape index (κ1) is 18.2. The molecule has 2 fully saturated rings. The fraction of sp³-hybridized carbons (Fsp3) is 0.722. The smallest absolute Gasteiger partial charge is 0.317 e. The lowest BCUT2D eigenvalue weighted by Crippen LogP contribution is -2.44. The van der Waals surface area contributed by atoms with Crippen LogP contribution in [0.4, 0.5) is 0 Å². The molecule has 1 aromatic heterocycles. The molecule has 0 atom stereocenters. The van der Waals surface area contributed by atoms with Gasteiger partial charge in [-0.05, 0) is 38.5 Å². The van der Waals surface area contributed by atoms with E-state index >= 15 is 0 Å². The zero-order valence-corrected chi connectivity index (χ0v) is 14.7. The lowest BCUT2D eigenvalue weighted by molar-refractivity contribution is -0.153. The highest BCUT2D eigenvalue weighted by Crippen LogP contribution is 2.49. The minimum atomic E-state index is -0.260. The van der Waals surface area contributed by atoms with Gasteiger partial charge >= 0.3 is 5.97 Å². The number of nitrogens with zero attached hydrogens (tertiary/aromatic N) is 2. The molecule has 1 aromatic rings. The molecule has 0 aromatic carbocycles. The molecule has 1 heterocycles. The standard InChI is InChI=1S/C18H26N2O2.ClH/c1-14-19-12-16(13-20-14)22-17(21)18(10-6-3-7-11-18)15-8-4-2-5-9-15;/h12-13,15H,2-11H2,1H3;1H. The minimum absolute atomic E-state index is 0. The first-order valence-corrected chi connectivity index (χ1v) is 8.72. The molecular formula is C18H27ClN2O2. The zero-order chi connectivity index (χ0) is 15.4. The first-order chi connectivity index (χ1) is 10.7. The second-order valence-electron chi connectivity index (χ2n) is 6.91. The monoisotopic (exact) mass is 338 g/mol. The van der Waals surface area contributed by atoms with Crippen LogP contribution in [0, 0.1) is 18.3 Å². The number of hydrogen-bond donors (Lipinski definition) is 0. The average molecular weight is 339 g/mol. The fourth-order valence-corrected chi connectivity index (χ4v) is 4.26. The van der Waals surface area contributed by atoms with Gasteiger partial charge in [0.05, 0.1) is 17.8 Å². The van der Waals surface area contributed by atoms with E-state index in [-0.39, 0.29) is 23.8 Å². The highest BCUT2D eigenvalue weighted by atomic mass is 35.5. The van der Waals surface area contributed by atoms with Crippen LogP contribution < -0.4 is 4.74 Å². The van der Waals surface area contributed by atoms with Crippen LogP contribution in [0.5, 0.6) is 5.75 Å². The molecule has 0 saturated heterocycles. The Labute approximate surface area is 144 Å². The van der Waals surface area contributed by atoms with Gasteiger partial charge < -0.3 is 4.74 Å². The van der Waals surface area contributed by atoms with Gasteiger partial charge in [0.15, 0.2) is 5.75 Å². The van der Waals surface area contributed by atoms with Crippen molar-refractivity contribution in [3.05, 3.63) is 18.2 Å². The molecule has 0 unspecified atom stereocenters. The lowest BCUT2D eigenvalue weighted by atomic mass is 9.62. The first-order valence-electron chi connectivity index (χ1n) is 8.72. The van der Waals surface area contributed by atoms with Gasteiger partial charge in [0.1, 0.15) is 5.82 Å². The van der Waals surface area contributed by atoms with Gasteiger partial charge in [0.2, 0.25) is 0 Å². The summed E-state index contributed by atoms with van der Waals surface area (Å²) in [5.41, 5.74) is -0.260. The van der Waals surface area contributed by atoms with Crippen LogP contribution in [0.25, 0.3) is 0 Å². The van der Waals surface area contributed by atoms with E-state index in [2.05, 4.69) is 9.97 Å². The average Bonchev–Trinajstić information content (AvgIpc) is 2.58. The Balaban J connectivity index is 0.00000192. The molecule has 0 radical (unpaired) electrons. The van der Waals surface area contributed by atoms with Crippen molar-refractivity contribution >= 4 is 18.4 Å². The molecule has 2 aliphatic rings. The third-order valence-electron chi connectivity index (χ3n) is 5.51. The molecule has 2 saturated carbocycles. The van der Waals surface area contributed by atoms with Crippen molar-refractivity contribution in [2.75, 3.05) is 0 Å². The van der Waals surface area contributed by atoms with E-state index < -0.39 is 0 Å². The summed E-state index contributed by atoms with van der Waals surface area (Å²) < 4.78 is 5.70. The predicted molar refractivity (Wildman–Crippen MR) is 91.7 cm³/mol. The van der Waals surface area contributed by atoms with Crippen molar-refractivity contribution in [2.45, 2.75) is 71.1 Å². The molecule has 5 heteroatoms.